The van der Waals surface area contributed by atoms with Gasteiger partial charge in [0.1, 0.15) is 0 Å². The lowest BCUT2D eigenvalue weighted by Crippen LogP contribution is -2.43. The molecule has 0 N–H and O–H groups in total. The number of benzene rings is 1. The summed E-state index contributed by atoms with van der Waals surface area (Å²) in [5.41, 5.74) is 0.617. The van der Waals surface area contributed by atoms with Crippen LogP contribution in [0.15, 0.2) is 22.7 Å². The summed E-state index contributed by atoms with van der Waals surface area (Å²) in [5.74, 6) is 0.112. The summed E-state index contributed by atoms with van der Waals surface area (Å²) in [6.45, 7) is 2.71. The minimum absolute atomic E-state index is 0.112. The molecule has 0 saturated carbocycles. The lowest BCUT2D eigenvalue weighted by molar-refractivity contribution is -0.0379. The van der Waals surface area contributed by atoms with E-state index in [1.54, 1.807) is 12.1 Å². The summed E-state index contributed by atoms with van der Waals surface area (Å²) in [6, 6.07) is 5.41. The van der Waals surface area contributed by atoms with Crippen molar-refractivity contribution < 1.29 is 9.53 Å². The van der Waals surface area contributed by atoms with Gasteiger partial charge in [-0.25, -0.2) is 0 Å². The van der Waals surface area contributed by atoms with Crippen molar-refractivity contribution in [2.24, 2.45) is 0 Å². The molecule has 108 valence electrons. The molecule has 0 aromatic heterocycles. The van der Waals surface area contributed by atoms with Crippen LogP contribution in [-0.2, 0) is 4.74 Å². The van der Waals surface area contributed by atoms with Crippen LogP contribution in [-0.4, -0.2) is 42.5 Å². The second-order valence-corrected chi connectivity index (χ2v) is 6.84. The molecule has 2 unspecified atom stereocenters. The molecule has 2 heterocycles. The highest BCUT2D eigenvalue weighted by molar-refractivity contribution is 9.10. The predicted octanol–water partition coefficient (Wildman–Crippen LogP) is 3.54. The van der Waals surface area contributed by atoms with E-state index in [0.29, 0.717) is 29.2 Å². The van der Waals surface area contributed by atoms with Gasteiger partial charge in [-0.05, 0) is 31.0 Å². The Balaban J connectivity index is 1.56. The third kappa shape index (κ3) is 3.25. The molecule has 3 rings (SSSR count). The Hall–Kier alpha value is -0.420. The maximum absolute atomic E-state index is 12.2. The summed E-state index contributed by atoms with van der Waals surface area (Å²) in [5, 5.41) is 0.520. The zero-order valence-corrected chi connectivity index (χ0v) is 13.5. The minimum atomic E-state index is 0.112. The molecule has 20 heavy (non-hydrogen) atoms. The van der Waals surface area contributed by atoms with Crippen LogP contribution >= 0.6 is 27.5 Å². The first-order chi connectivity index (χ1) is 9.61. The summed E-state index contributed by atoms with van der Waals surface area (Å²) in [4.78, 5) is 14.6. The molecule has 0 amide bonds. The van der Waals surface area contributed by atoms with E-state index in [0.717, 1.165) is 36.9 Å². The zero-order chi connectivity index (χ0) is 14.1. The Morgan fingerprint density at radius 3 is 2.70 bits per heavy atom. The number of hydrogen-bond donors (Lipinski definition) is 0. The number of rotatable bonds is 4. The van der Waals surface area contributed by atoms with Crippen LogP contribution in [0, 0.1) is 0 Å². The highest BCUT2D eigenvalue weighted by atomic mass is 79.9. The number of ether oxygens (including phenoxy) is 1. The number of carbonyl (C=O) groups is 1. The van der Waals surface area contributed by atoms with Gasteiger partial charge >= 0.3 is 0 Å². The number of nitrogens with zero attached hydrogens (tertiary/aromatic N) is 1. The number of likely N-dealkylation sites (tertiary alicyclic amines) is 1. The van der Waals surface area contributed by atoms with Crippen molar-refractivity contribution >= 4 is 33.3 Å². The van der Waals surface area contributed by atoms with Gasteiger partial charge in [0.25, 0.3) is 0 Å². The Kier molecular flexibility index (Phi) is 4.46. The molecule has 0 radical (unpaired) electrons. The van der Waals surface area contributed by atoms with Crippen LogP contribution < -0.4 is 0 Å². The largest absolute Gasteiger partial charge is 0.372 e. The first kappa shape index (κ1) is 14.5. The fourth-order valence-electron chi connectivity index (χ4n) is 2.99. The van der Waals surface area contributed by atoms with Gasteiger partial charge in [0.2, 0.25) is 0 Å². The van der Waals surface area contributed by atoms with Crippen LogP contribution in [0.5, 0.6) is 0 Å². The van der Waals surface area contributed by atoms with Crippen molar-refractivity contribution in [3.05, 3.63) is 33.3 Å². The quantitative estimate of drug-likeness (QED) is 0.771. The van der Waals surface area contributed by atoms with Gasteiger partial charge in [0.05, 0.1) is 17.2 Å². The number of ketones is 1. The van der Waals surface area contributed by atoms with Crippen LogP contribution in [0.1, 0.15) is 29.6 Å². The zero-order valence-electron chi connectivity index (χ0n) is 11.1. The summed E-state index contributed by atoms with van der Waals surface area (Å²) in [7, 11) is 0. The van der Waals surface area contributed by atoms with Crippen LogP contribution in [0.25, 0.3) is 0 Å². The smallest absolute Gasteiger partial charge is 0.165 e. The molecule has 5 heteroatoms. The number of morpholine rings is 1. The predicted molar refractivity (Wildman–Crippen MR) is 82.4 cm³/mol. The van der Waals surface area contributed by atoms with Crippen molar-refractivity contribution in [1.29, 1.82) is 0 Å². The lowest BCUT2D eigenvalue weighted by atomic mass is 10.1. The van der Waals surface area contributed by atoms with E-state index in [9.17, 15) is 4.79 Å². The maximum Gasteiger partial charge on any atom is 0.165 e. The summed E-state index contributed by atoms with van der Waals surface area (Å²) < 4.78 is 6.69. The topological polar surface area (TPSA) is 29.5 Å². The van der Waals surface area contributed by atoms with Gasteiger partial charge in [0.15, 0.2) is 5.78 Å². The minimum Gasteiger partial charge on any atom is -0.372 e. The molecule has 2 fully saturated rings. The Morgan fingerprint density at radius 2 is 2.05 bits per heavy atom. The number of carbonyl (C=O) groups excluding carboxylic acids is 1. The average molecular weight is 359 g/mol. The summed E-state index contributed by atoms with van der Waals surface area (Å²) >= 11 is 9.47. The van der Waals surface area contributed by atoms with Crippen molar-refractivity contribution in [3.63, 3.8) is 0 Å². The van der Waals surface area contributed by atoms with E-state index < -0.39 is 0 Å². The molecule has 2 aliphatic rings. The molecule has 1 aromatic rings. The first-order valence-electron chi connectivity index (χ1n) is 6.98. The number of Topliss-reactive ketones (excluding diaryl/α,β-unsaturated/α-hetero) is 1. The molecule has 2 atom stereocenters. The van der Waals surface area contributed by atoms with Gasteiger partial charge in [0, 0.05) is 36.1 Å². The highest BCUT2D eigenvalue weighted by Gasteiger charge is 2.33. The van der Waals surface area contributed by atoms with Gasteiger partial charge in [-0.15, -0.1) is 0 Å². The maximum atomic E-state index is 12.2. The first-order valence-corrected chi connectivity index (χ1v) is 8.15. The molecule has 2 bridgehead atoms. The number of halogens is 2. The van der Waals surface area contributed by atoms with E-state index in [1.165, 1.54) is 0 Å². The number of fused-ring (bicyclic) bond motifs is 2. The molecule has 0 spiro atoms. The van der Waals surface area contributed by atoms with Crippen LogP contribution in [0.4, 0.5) is 0 Å². The lowest BCUT2D eigenvalue weighted by Gasteiger charge is -2.31. The average Bonchev–Trinajstić information content (AvgIpc) is 2.75. The normalized spacial score (nSPS) is 25.9. The standard InChI is InChI=1S/C15H17BrClNO2/c16-10-1-4-13(14(17)7-10)15(19)5-6-18-8-11-2-3-12(9-18)20-11/h1,4,7,11-12H,2-3,5-6,8-9H2. The van der Waals surface area contributed by atoms with Gasteiger partial charge in [-0.1, -0.05) is 27.5 Å². The SMILES string of the molecule is O=C(CCN1CC2CCC(C1)O2)c1ccc(Br)cc1Cl. The third-order valence-electron chi connectivity index (χ3n) is 4.01. The van der Waals surface area contributed by atoms with E-state index in [-0.39, 0.29) is 5.78 Å². The van der Waals surface area contributed by atoms with Gasteiger partial charge in [-0.2, -0.15) is 0 Å². The van der Waals surface area contributed by atoms with E-state index >= 15 is 0 Å². The fourth-order valence-corrected chi connectivity index (χ4v) is 3.77. The van der Waals surface area contributed by atoms with Crippen molar-refractivity contribution in [1.82, 2.24) is 4.90 Å². The second-order valence-electron chi connectivity index (χ2n) is 5.51. The fraction of sp³-hybridized carbons (Fsp3) is 0.533. The second kappa shape index (κ2) is 6.14. The molecule has 2 aliphatic heterocycles. The van der Waals surface area contributed by atoms with E-state index in [2.05, 4.69) is 20.8 Å². The van der Waals surface area contributed by atoms with Gasteiger partial charge < -0.3 is 4.74 Å². The molecular formula is C15H17BrClNO2. The molecule has 1 aromatic carbocycles. The van der Waals surface area contributed by atoms with E-state index in [4.69, 9.17) is 16.3 Å². The van der Waals surface area contributed by atoms with Crippen molar-refractivity contribution in [2.75, 3.05) is 19.6 Å². The van der Waals surface area contributed by atoms with Gasteiger partial charge in [-0.3, -0.25) is 9.69 Å². The molecule has 3 nitrogen and oxygen atoms in total. The van der Waals surface area contributed by atoms with Crippen LogP contribution in [0.3, 0.4) is 0 Å². The molecular weight excluding hydrogens is 342 g/mol. The third-order valence-corrected chi connectivity index (χ3v) is 4.81. The molecule has 2 saturated heterocycles. The van der Waals surface area contributed by atoms with Crippen LogP contribution in [0.2, 0.25) is 5.02 Å². The van der Waals surface area contributed by atoms with Crippen molar-refractivity contribution in [2.45, 2.75) is 31.5 Å². The molecule has 0 aliphatic carbocycles. The highest BCUT2D eigenvalue weighted by Crippen LogP contribution is 2.27. The number of hydrogen-bond acceptors (Lipinski definition) is 3. The monoisotopic (exact) mass is 357 g/mol. The Bertz CT molecular complexity index is 511. The van der Waals surface area contributed by atoms with E-state index in [1.807, 2.05) is 6.07 Å². The Morgan fingerprint density at radius 1 is 1.35 bits per heavy atom. The van der Waals surface area contributed by atoms with Crippen molar-refractivity contribution in [3.8, 4) is 0 Å². The summed E-state index contributed by atoms with van der Waals surface area (Å²) in [6.07, 6.45) is 3.59. The Labute approximate surface area is 132 Å².